The molecule has 1 aliphatic rings. The van der Waals surface area contributed by atoms with Gasteiger partial charge >= 0.3 is 5.97 Å². The van der Waals surface area contributed by atoms with Gasteiger partial charge in [-0.15, -0.1) is 0 Å². The molecule has 2 aromatic rings. The van der Waals surface area contributed by atoms with E-state index in [0.29, 0.717) is 13.0 Å². The van der Waals surface area contributed by atoms with E-state index in [4.69, 9.17) is 9.72 Å². The van der Waals surface area contributed by atoms with Crippen LogP contribution in [0.3, 0.4) is 0 Å². The molecular formula is C23H30N2O2. The molecule has 144 valence electrons. The molecule has 0 saturated heterocycles. The summed E-state index contributed by atoms with van der Waals surface area (Å²) in [6.07, 6.45) is 7.28. The second-order valence-electron chi connectivity index (χ2n) is 7.61. The molecular weight excluding hydrogens is 336 g/mol. The summed E-state index contributed by atoms with van der Waals surface area (Å²) in [6.45, 7) is 5.17. The number of nitrogens with zero attached hydrogens (tertiary/aromatic N) is 2. The number of rotatable bonds is 6. The summed E-state index contributed by atoms with van der Waals surface area (Å²) in [4.78, 5) is 19.3. The lowest BCUT2D eigenvalue weighted by atomic mass is 9.85. The molecule has 4 nitrogen and oxygen atoms in total. The number of esters is 1. The van der Waals surface area contributed by atoms with Crippen molar-refractivity contribution in [3.63, 3.8) is 0 Å². The summed E-state index contributed by atoms with van der Waals surface area (Å²) in [7, 11) is 4.11. The first kappa shape index (κ1) is 19.6. The maximum absolute atomic E-state index is 12.2. The first-order valence-corrected chi connectivity index (χ1v) is 9.91. The average molecular weight is 367 g/mol. The molecule has 1 aliphatic carbocycles. The van der Waals surface area contributed by atoms with Gasteiger partial charge in [0.1, 0.15) is 0 Å². The van der Waals surface area contributed by atoms with Crippen molar-refractivity contribution in [2.24, 2.45) is 0 Å². The van der Waals surface area contributed by atoms with Gasteiger partial charge in [0.25, 0.3) is 0 Å². The fourth-order valence-corrected chi connectivity index (χ4v) is 3.92. The predicted molar refractivity (Wildman–Crippen MR) is 111 cm³/mol. The number of aryl methyl sites for hydroxylation is 1. The number of hydrogen-bond acceptors (Lipinski definition) is 4. The number of carbonyl (C=O) groups is 1. The zero-order chi connectivity index (χ0) is 19.4. The lowest BCUT2D eigenvalue weighted by molar-refractivity contribution is -0.142. The molecule has 0 aliphatic heterocycles. The van der Waals surface area contributed by atoms with Crippen LogP contribution in [0, 0.1) is 6.92 Å². The Morgan fingerprint density at radius 3 is 2.74 bits per heavy atom. The quantitative estimate of drug-likeness (QED) is 0.697. The van der Waals surface area contributed by atoms with E-state index in [0.717, 1.165) is 47.1 Å². The highest BCUT2D eigenvalue weighted by atomic mass is 16.5. The smallest absolute Gasteiger partial charge is 0.310 e. The van der Waals surface area contributed by atoms with Crippen LogP contribution in [-0.2, 0) is 22.5 Å². The summed E-state index contributed by atoms with van der Waals surface area (Å²) in [5, 5.41) is 1.15. The molecule has 0 bridgehead atoms. The molecule has 0 radical (unpaired) electrons. The number of fused-ring (bicyclic) bond motifs is 1. The summed E-state index contributed by atoms with van der Waals surface area (Å²) >= 11 is 0. The van der Waals surface area contributed by atoms with E-state index in [9.17, 15) is 4.79 Å². The number of pyridine rings is 1. The Hall–Kier alpha value is -2.20. The maximum atomic E-state index is 12.2. The third-order valence-corrected chi connectivity index (χ3v) is 5.10. The molecule has 0 N–H and O–H groups in total. The fourth-order valence-electron chi connectivity index (χ4n) is 3.92. The Morgan fingerprint density at radius 1 is 1.26 bits per heavy atom. The standard InChI is InChI=1S/C23H30N2O2/c1-5-27-22(26)14-20-16(2)13-21-19(12-11-18(24-21)15-25(3)4)23(20)17-9-7-6-8-10-17/h9,11-13H,5-8,10,14-15H2,1-4H3. The van der Waals surface area contributed by atoms with Crippen LogP contribution in [0.1, 0.15) is 55.0 Å². The van der Waals surface area contributed by atoms with Crippen LogP contribution >= 0.6 is 0 Å². The van der Waals surface area contributed by atoms with E-state index in [1.807, 2.05) is 6.92 Å². The first-order valence-electron chi connectivity index (χ1n) is 9.91. The monoisotopic (exact) mass is 366 g/mol. The van der Waals surface area contributed by atoms with Gasteiger partial charge < -0.3 is 9.64 Å². The minimum absolute atomic E-state index is 0.158. The van der Waals surface area contributed by atoms with Crippen molar-refractivity contribution in [1.82, 2.24) is 9.88 Å². The summed E-state index contributed by atoms with van der Waals surface area (Å²) in [6, 6.07) is 6.41. The van der Waals surface area contributed by atoms with Crippen LogP contribution in [0.15, 0.2) is 24.3 Å². The van der Waals surface area contributed by atoms with Crippen LogP contribution < -0.4 is 0 Å². The molecule has 0 saturated carbocycles. The first-order chi connectivity index (χ1) is 13.0. The van der Waals surface area contributed by atoms with Crippen molar-refractivity contribution in [3.05, 3.63) is 46.7 Å². The highest BCUT2D eigenvalue weighted by molar-refractivity contribution is 5.95. The molecule has 0 amide bonds. The van der Waals surface area contributed by atoms with Crippen LogP contribution in [0.25, 0.3) is 16.5 Å². The van der Waals surface area contributed by atoms with Crippen LogP contribution in [0.2, 0.25) is 0 Å². The van der Waals surface area contributed by atoms with E-state index in [1.54, 1.807) is 0 Å². The van der Waals surface area contributed by atoms with Gasteiger partial charge in [-0.2, -0.15) is 0 Å². The number of ether oxygens (including phenoxy) is 1. The Kier molecular flexibility index (Phi) is 6.27. The zero-order valence-corrected chi connectivity index (χ0v) is 17.0. The zero-order valence-electron chi connectivity index (χ0n) is 17.0. The SMILES string of the molecule is CCOC(=O)Cc1c(C)cc2nc(CN(C)C)ccc2c1C1=CCCCC1. The minimum Gasteiger partial charge on any atom is -0.466 e. The van der Waals surface area contributed by atoms with Crippen LogP contribution in [0.5, 0.6) is 0 Å². The van der Waals surface area contributed by atoms with E-state index in [-0.39, 0.29) is 5.97 Å². The fraction of sp³-hybridized carbons (Fsp3) is 0.478. The van der Waals surface area contributed by atoms with Gasteiger partial charge in [-0.1, -0.05) is 12.1 Å². The van der Waals surface area contributed by atoms with E-state index < -0.39 is 0 Å². The molecule has 0 unspecified atom stereocenters. The van der Waals surface area contributed by atoms with Gasteiger partial charge in [0.05, 0.1) is 24.2 Å². The molecule has 0 atom stereocenters. The van der Waals surface area contributed by atoms with Crippen molar-refractivity contribution in [2.45, 2.75) is 52.5 Å². The van der Waals surface area contributed by atoms with Gasteiger partial charge in [-0.05, 0) is 88.0 Å². The number of hydrogen-bond donors (Lipinski definition) is 0. The van der Waals surface area contributed by atoms with Gasteiger partial charge in [0.15, 0.2) is 0 Å². The van der Waals surface area contributed by atoms with Gasteiger partial charge in [0, 0.05) is 11.9 Å². The topological polar surface area (TPSA) is 42.4 Å². The van der Waals surface area contributed by atoms with Crippen LogP contribution in [0.4, 0.5) is 0 Å². The highest BCUT2D eigenvalue weighted by Crippen LogP contribution is 2.36. The number of aromatic nitrogens is 1. The van der Waals surface area contributed by atoms with Crippen molar-refractivity contribution in [2.75, 3.05) is 20.7 Å². The van der Waals surface area contributed by atoms with E-state index in [2.05, 4.69) is 50.2 Å². The van der Waals surface area contributed by atoms with Gasteiger partial charge in [0.2, 0.25) is 0 Å². The molecule has 27 heavy (non-hydrogen) atoms. The van der Waals surface area contributed by atoms with Gasteiger partial charge in [-0.3, -0.25) is 9.78 Å². The lowest BCUT2D eigenvalue weighted by Crippen LogP contribution is -2.13. The predicted octanol–water partition coefficient (Wildman–Crippen LogP) is 4.67. The third kappa shape index (κ3) is 4.56. The van der Waals surface area contributed by atoms with Crippen LogP contribution in [-0.4, -0.2) is 36.6 Å². The third-order valence-electron chi connectivity index (χ3n) is 5.10. The van der Waals surface area contributed by atoms with E-state index in [1.165, 1.54) is 24.0 Å². The number of carbonyl (C=O) groups excluding carboxylic acids is 1. The largest absolute Gasteiger partial charge is 0.466 e. The van der Waals surface area contributed by atoms with Crippen molar-refractivity contribution >= 4 is 22.4 Å². The summed E-state index contributed by atoms with van der Waals surface area (Å²) in [5.41, 5.74) is 6.86. The summed E-state index contributed by atoms with van der Waals surface area (Å²) in [5.74, 6) is -0.158. The average Bonchev–Trinajstić information content (AvgIpc) is 2.63. The maximum Gasteiger partial charge on any atom is 0.310 e. The molecule has 3 rings (SSSR count). The lowest BCUT2D eigenvalue weighted by Gasteiger charge is -2.21. The van der Waals surface area contributed by atoms with Crippen molar-refractivity contribution in [1.29, 1.82) is 0 Å². The van der Waals surface area contributed by atoms with E-state index >= 15 is 0 Å². The molecule has 0 spiro atoms. The molecule has 4 heteroatoms. The number of benzene rings is 1. The minimum atomic E-state index is -0.158. The van der Waals surface area contributed by atoms with Gasteiger partial charge in [-0.25, -0.2) is 0 Å². The Balaban J connectivity index is 2.16. The highest BCUT2D eigenvalue weighted by Gasteiger charge is 2.20. The Morgan fingerprint density at radius 2 is 2.07 bits per heavy atom. The second kappa shape index (κ2) is 8.66. The summed E-state index contributed by atoms with van der Waals surface area (Å²) < 4.78 is 5.24. The Labute approximate surface area is 162 Å². The molecule has 1 aromatic carbocycles. The Bertz CT molecular complexity index is 868. The van der Waals surface area contributed by atoms with Crippen molar-refractivity contribution < 1.29 is 9.53 Å². The molecule has 1 heterocycles. The molecule has 0 fully saturated rings. The number of allylic oxidation sites excluding steroid dienone is 2. The molecule has 1 aromatic heterocycles. The second-order valence-corrected chi connectivity index (χ2v) is 7.61. The normalized spacial score (nSPS) is 14.5. The van der Waals surface area contributed by atoms with Crippen molar-refractivity contribution in [3.8, 4) is 0 Å².